The van der Waals surface area contributed by atoms with Gasteiger partial charge in [-0.05, 0) is 51.2 Å². The lowest BCUT2D eigenvalue weighted by molar-refractivity contribution is -0.148. The highest BCUT2D eigenvalue weighted by atomic mass is 16.5. The molecule has 1 amide bonds. The van der Waals surface area contributed by atoms with Crippen molar-refractivity contribution in [3.05, 3.63) is 41.2 Å². The standard InChI is InChI=1S/C20H26N2O3/c1-14-5-4-8-16(21-14)13-25-18-10-9-17-19(18)24-12-11-22(17)20(23)15-6-2-3-7-15/h4-6,8,17-19H,2-3,7,9-13H2,1H3/t17-,18+,19+/m0/s1. The lowest BCUT2D eigenvalue weighted by atomic mass is 10.1. The Balaban J connectivity index is 1.40. The molecule has 0 N–H and O–H groups in total. The number of pyridine rings is 1. The first-order valence-corrected chi connectivity index (χ1v) is 9.38. The van der Waals surface area contributed by atoms with Crippen molar-refractivity contribution in [2.75, 3.05) is 13.2 Å². The summed E-state index contributed by atoms with van der Waals surface area (Å²) in [5, 5.41) is 0. The summed E-state index contributed by atoms with van der Waals surface area (Å²) in [4.78, 5) is 19.4. The summed E-state index contributed by atoms with van der Waals surface area (Å²) in [7, 11) is 0. The van der Waals surface area contributed by atoms with Gasteiger partial charge in [0.05, 0.1) is 31.1 Å². The average molecular weight is 342 g/mol. The average Bonchev–Trinajstić information content (AvgIpc) is 3.29. The van der Waals surface area contributed by atoms with Crippen LogP contribution >= 0.6 is 0 Å². The topological polar surface area (TPSA) is 51.7 Å². The lowest BCUT2D eigenvalue weighted by Gasteiger charge is -2.39. The molecule has 5 nitrogen and oxygen atoms in total. The minimum atomic E-state index is -0.00971. The molecular weight excluding hydrogens is 316 g/mol. The van der Waals surface area contributed by atoms with Crippen LogP contribution in [0.25, 0.3) is 0 Å². The van der Waals surface area contributed by atoms with Gasteiger partial charge in [0.1, 0.15) is 6.10 Å². The SMILES string of the molecule is Cc1cccc(CO[C@@H]2CC[C@H]3[C@H]2OCCN3C(=O)C2=CCCC2)n1. The normalized spacial score (nSPS) is 28.8. The molecule has 1 aromatic heterocycles. The number of hydrogen-bond donors (Lipinski definition) is 0. The summed E-state index contributed by atoms with van der Waals surface area (Å²) < 4.78 is 12.1. The largest absolute Gasteiger partial charge is 0.372 e. The van der Waals surface area contributed by atoms with Gasteiger partial charge in [-0.2, -0.15) is 0 Å². The molecule has 4 rings (SSSR count). The van der Waals surface area contributed by atoms with Crippen LogP contribution in [0.5, 0.6) is 0 Å². The van der Waals surface area contributed by atoms with Crippen molar-refractivity contribution in [3.8, 4) is 0 Å². The maximum absolute atomic E-state index is 12.8. The number of amides is 1. The predicted molar refractivity (Wildman–Crippen MR) is 94.0 cm³/mol. The van der Waals surface area contributed by atoms with Gasteiger partial charge in [-0.3, -0.25) is 9.78 Å². The Labute approximate surface area is 149 Å². The molecule has 1 saturated heterocycles. The van der Waals surface area contributed by atoms with E-state index in [1.54, 1.807) is 0 Å². The van der Waals surface area contributed by atoms with Crippen molar-refractivity contribution >= 4 is 5.91 Å². The second kappa shape index (κ2) is 7.26. The zero-order valence-electron chi connectivity index (χ0n) is 14.8. The van der Waals surface area contributed by atoms with Crippen molar-refractivity contribution in [2.45, 2.75) is 63.9 Å². The molecule has 0 radical (unpaired) electrons. The molecule has 0 spiro atoms. The van der Waals surface area contributed by atoms with Crippen molar-refractivity contribution in [2.24, 2.45) is 0 Å². The number of carbonyl (C=O) groups excluding carboxylic acids is 1. The molecular formula is C20H26N2O3. The first-order chi connectivity index (χ1) is 12.2. The number of rotatable bonds is 4. The minimum Gasteiger partial charge on any atom is -0.372 e. The number of aromatic nitrogens is 1. The maximum Gasteiger partial charge on any atom is 0.249 e. The fraction of sp³-hybridized carbons (Fsp3) is 0.600. The van der Waals surface area contributed by atoms with Gasteiger partial charge >= 0.3 is 0 Å². The predicted octanol–water partition coefficient (Wildman–Crippen LogP) is 2.78. The highest BCUT2D eigenvalue weighted by molar-refractivity contribution is 5.94. The van der Waals surface area contributed by atoms with E-state index in [9.17, 15) is 4.79 Å². The molecule has 2 fully saturated rings. The zero-order valence-corrected chi connectivity index (χ0v) is 14.8. The summed E-state index contributed by atoms with van der Waals surface area (Å²) >= 11 is 0. The Hall–Kier alpha value is -1.72. The van der Waals surface area contributed by atoms with Gasteiger partial charge in [-0.1, -0.05) is 12.1 Å². The third-order valence-corrected chi connectivity index (χ3v) is 5.50. The lowest BCUT2D eigenvalue weighted by Crippen LogP contribution is -2.54. The molecule has 1 saturated carbocycles. The number of fused-ring (bicyclic) bond motifs is 1. The van der Waals surface area contributed by atoms with Crippen LogP contribution in [0.2, 0.25) is 0 Å². The molecule has 1 aromatic rings. The van der Waals surface area contributed by atoms with Crippen molar-refractivity contribution in [1.82, 2.24) is 9.88 Å². The van der Waals surface area contributed by atoms with E-state index in [0.717, 1.165) is 49.1 Å². The first-order valence-electron chi connectivity index (χ1n) is 9.38. The zero-order chi connectivity index (χ0) is 17.2. The summed E-state index contributed by atoms with van der Waals surface area (Å²) in [6, 6.07) is 6.13. The van der Waals surface area contributed by atoms with E-state index in [1.165, 1.54) is 0 Å². The molecule has 0 unspecified atom stereocenters. The Morgan fingerprint density at radius 1 is 1.40 bits per heavy atom. The van der Waals surface area contributed by atoms with Crippen LogP contribution < -0.4 is 0 Å². The van der Waals surface area contributed by atoms with Crippen LogP contribution in [0.15, 0.2) is 29.8 Å². The third kappa shape index (κ3) is 3.48. The van der Waals surface area contributed by atoms with Crippen LogP contribution in [0.4, 0.5) is 0 Å². The number of nitrogens with zero attached hydrogens (tertiary/aromatic N) is 2. The van der Waals surface area contributed by atoms with Crippen molar-refractivity contribution in [1.29, 1.82) is 0 Å². The van der Waals surface area contributed by atoms with Crippen LogP contribution in [0, 0.1) is 6.92 Å². The minimum absolute atomic E-state index is 0.00971. The van der Waals surface area contributed by atoms with Crippen LogP contribution in [-0.4, -0.2) is 47.2 Å². The number of aryl methyl sites for hydroxylation is 1. The smallest absolute Gasteiger partial charge is 0.249 e. The summed E-state index contributed by atoms with van der Waals surface area (Å²) in [6.45, 7) is 3.78. The van der Waals surface area contributed by atoms with Gasteiger partial charge in [-0.25, -0.2) is 0 Å². The van der Waals surface area contributed by atoms with Gasteiger partial charge in [0.15, 0.2) is 0 Å². The maximum atomic E-state index is 12.8. The van der Waals surface area contributed by atoms with E-state index in [-0.39, 0.29) is 24.2 Å². The molecule has 3 aliphatic rings. The van der Waals surface area contributed by atoms with Crippen molar-refractivity contribution in [3.63, 3.8) is 0 Å². The molecule has 2 heterocycles. The summed E-state index contributed by atoms with van der Waals surface area (Å²) in [6.07, 6.45) is 7.10. The number of allylic oxidation sites excluding steroid dienone is 1. The van der Waals surface area contributed by atoms with E-state index in [1.807, 2.05) is 30.0 Å². The molecule has 134 valence electrons. The van der Waals surface area contributed by atoms with Gasteiger partial charge in [0.2, 0.25) is 5.91 Å². The van der Waals surface area contributed by atoms with Gasteiger partial charge < -0.3 is 14.4 Å². The molecule has 0 bridgehead atoms. The van der Waals surface area contributed by atoms with Crippen LogP contribution in [0.3, 0.4) is 0 Å². The first kappa shape index (κ1) is 16.7. The number of hydrogen-bond acceptors (Lipinski definition) is 4. The van der Waals surface area contributed by atoms with Crippen molar-refractivity contribution < 1.29 is 14.3 Å². The number of ether oxygens (including phenoxy) is 2. The molecule has 25 heavy (non-hydrogen) atoms. The molecule has 5 heteroatoms. The van der Waals surface area contributed by atoms with Gasteiger partial charge in [0.25, 0.3) is 0 Å². The Kier molecular flexibility index (Phi) is 4.86. The van der Waals surface area contributed by atoms with Crippen LogP contribution in [-0.2, 0) is 20.9 Å². The Bertz CT molecular complexity index is 673. The highest BCUT2D eigenvalue weighted by Crippen LogP contribution is 2.34. The molecule has 2 aliphatic carbocycles. The fourth-order valence-corrected chi connectivity index (χ4v) is 4.27. The second-order valence-corrected chi connectivity index (χ2v) is 7.22. The van der Waals surface area contributed by atoms with E-state index in [0.29, 0.717) is 19.8 Å². The Morgan fingerprint density at radius 3 is 3.12 bits per heavy atom. The molecule has 3 atom stereocenters. The third-order valence-electron chi connectivity index (χ3n) is 5.50. The second-order valence-electron chi connectivity index (χ2n) is 7.22. The van der Waals surface area contributed by atoms with Gasteiger partial charge in [-0.15, -0.1) is 0 Å². The monoisotopic (exact) mass is 342 g/mol. The summed E-state index contributed by atoms with van der Waals surface area (Å²) in [5.74, 6) is 0.219. The summed E-state index contributed by atoms with van der Waals surface area (Å²) in [5.41, 5.74) is 2.94. The quantitative estimate of drug-likeness (QED) is 0.844. The van der Waals surface area contributed by atoms with E-state index >= 15 is 0 Å². The van der Waals surface area contributed by atoms with E-state index in [4.69, 9.17) is 9.47 Å². The van der Waals surface area contributed by atoms with Crippen LogP contribution in [0.1, 0.15) is 43.5 Å². The molecule has 1 aliphatic heterocycles. The van der Waals surface area contributed by atoms with E-state index in [2.05, 4.69) is 11.1 Å². The Morgan fingerprint density at radius 2 is 2.32 bits per heavy atom. The molecule has 0 aromatic carbocycles. The highest BCUT2D eigenvalue weighted by Gasteiger charge is 2.45. The fourth-order valence-electron chi connectivity index (χ4n) is 4.27. The van der Waals surface area contributed by atoms with E-state index < -0.39 is 0 Å². The van der Waals surface area contributed by atoms with Gasteiger partial charge in [0, 0.05) is 17.8 Å². The number of morpholine rings is 1. The number of carbonyl (C=O) groups is 1.